The van der Waals surface area contributed by atoms with Gasteiger partial charge in [-0.15, -0.1) is 0 Å². The number of halogens is 1. The van der Waals surface area contributed by atoms with Crippen LogP contribution in [0.5, 0.6) is 0 Å². The summed E-state index contributed by atoms with van der Waals surface area (Å²) in [5.74, 6) is 2.75. The van der Waals surface area contributed by atoms with Crippen molar-refractivity contribution in [2.75, 3.05) is 20.2 Å². The maximum absolute atomic E-state index is 10.9. The molecule has 0 aromatic rings. The number of carbonyl (C=O) groups is 1. The maximum atomic E-state index is 10.9. The molecule has 0 fully saturated rings. The highest BCUT2D eigenvalue weighted by molar-refractivity contribution is 14.1. The number of hydrogen-bond donors (Lipinski definition) is 0. The van der Waals surface area contributed by atoms with Gasteiger partial charge in [-0.1, -0.05) is 5.92 Å². The molecule has 4 heteroatoms. The maximum Gasteiger partial charge on any atom is 0.410 e. The van der Waals surface area contributed by atoms with Crippen LogP contribution in [0.1, 0.15) is 6.92 Å². The van der Waals surface area contributed by atoms with Crippen LogP contribution >= 0.6 is 22.6 Å². The number of nitrogens with zero attached hydrogens (tertiary/aromatic N) is 1. The first kappa shape index (κ1) is 10.6. The van der Waals surface area contributed by atoms with E-state index in [1.165, 1.54) is 4.90 Å². The van der Waals surface area contributed by atoms with Crippen LogP contribution in [0.2, 0.25) is 0 Å². The third-order valence-corrected chi connectivity index (χ3v) is 1.34. The fourth-order valence-electron chi connectivity index (χ4n) is 0.447. The van der Waals surface area contributed by atoms with Crippen molar-refractivity contribution >= 4 is 28.7 Å². The van der Waals surface area contributed by atoms with Crippen molar-refractivity contribution < 1.29 is 9.53 Å². The summed E-state index contributed by atoms with van der Waals surface area (Å²) < 4.78 is 7.38. The molecular formula is C7H10INO2. The molecule has 0 aliphatic rings. The van der Waals surface area contributed by atoms with Gasteiger partial charge in [0.25, 0.3) is 0 Å². The van der Waals surface area contributed by atoms with Crippen LogP contribution in [-0.4, -0.2) is 31.2 Å². The van der Waals surface area contributed by atoms with E-state index in [4.69, 9.17) is 4.74 Å². The molecule has 3 nitrogen and oxygen atoms in total. The van der Waals surface area contributed by atoms with Crippen LogP contribution < -0.4 is 0 Å². The minimum Gasteiger partial charge on any atom is -0.450 e. The van der Waals surface area contributed by atoms with Gasteiger partial charge in [-0.25, -0.2) is 4.79 Å². The van der Waals surface area contributed by atoms with Gasteiger partial charge in [0.1, 0.15) is 0 Å². The minimum atomic E-state index is -0.327. The molecule has 0 N–H and O–H groups in total. The molecule has 0 bridgehead atoms. The van der Waals surface area contributed by atoms with Gasteiger partial charge in [-0.2, -0.15) is 0 Å². The fraction of sp³-hybridized carbons (Fsp3) is 0.571. The van der Waals surface area contributed by atoms with Crippen molar-refractivity contribution in [3.8, 4) is 9.85 Å². The summed E-state index contributed by atoms with van der Waals surface area (Å²) in [7, 11) is 1.65. The summed E-state index contributed by atoms with van der Waals surface area (Å²) in [6.45, 7) is 2.60. The van der Waals surface area contributed by atoms with Crippen molar-refractivity contribution in [1.82, 2.24) is 4.90 Å². The molecule has 0 saturated carbocycles. The Morgan fingerprint density at radius 1 is 1.73 bits per heavy atom. The van der Waals surface area contributed by atoms with E-state index in [2.05, 4.69) is 9.85 Å². The van der Waals surface area contributed by atoms with Crippen LogP contribution in [0.25, 0.3) is 0 Å². The molecule has 0 aromatic heterocycles. The van der Waals surface area contributed by atoms with E-state index in [0.717, 1.165) is 0 Å². The highest BCUT2D eigenvalue weighted by atomic mass is 127. The first-order valence-corrected chi connectivity index (χ1v) is 4.26. The van der Waals surface area contributed by atoms with Gasteiger partial charge >= 0.3 is 6.09 Å². The van der Waals surface area contributed by atoms with E-state index in [9.17, 15) is 4.79 Å². The summed E-state index contributed by atoms with van der Waals surface area (Å²) in [6, 6.07) is 0. The molecule has 0 aliphatic carbocycles. The van der Waals surface area contributed by atoms with Crippen LogP contribution in [0, 0.1) is 9.85 Å². The number of rotatable bonds is 2. The van der Waals surface area contributed by atoms with Gasteiger partial charge < -0.3 is 9.64 Å². The quantitative estimate of drug-likeness (QED) is 0.560. The van der Waals surface area contributed by atoms with E-state index in [1.807, 2.05) is 22.6 Å². The first-order chi connectivity index (χ1) is 5.22. The van der Waals surface area contributed by atoms with Crippen molar-refractivity contribution in [3.05, 3.63) is 0 Å². The standard InChI is InChI=1S/C7H10INO2/c1-3-11-7(10)9(2)6-4-5-8/h3,6H2,1-2H3. The molecule has 11 heavy (non-hydrogen) atoms. The van der Waals surface area contributed by atoms with Crippen molar-refractivity contribution in [3.63, 3.8) is 0 Å². The lowest BCUT2D eigenvalue weighted by molar-refractivity contribution is 0.120. The molecule has 0 unspecified atom stereocenters. The molecule has 0 atom stereocenters. The SMILES string of the molecule is CCOC(=O)N(C)CC#CI. The summed E-state index contributed by atoms with van der Waals surface area (Å²) in [6.07, 6.45) is -0.327. The summed E-state index contributed by atoms with van der Waals surface area (Å²) in [5.41, 5.74) is 0. The van der Waals surface area contributed by atoms with E-state index in [-0.39, 0.29) is 6.09 Å². The van der Waals surface area contributed by atoms with Crippen LogP contribution in [-0.2, 0) is 4.74 Å². The summed E-state index contributed by atoms with van der Waals surface area (Å²) in [4.78, 5) is 12.3. The Morgan fingerprint density at radius 2 is 2.36 bits per heavy atom. The zero-order chi connectivity index (χ0) is 8.69. The Kier molecular flexibility index (Phi) is 6.03. The Bertz CT molecular complexity index is 183. The minimum absolute atomic E-state index is 0.327. The van der Waals surface area contributed by atoms with Crippen LogP contribution in [0.4, 0.5) is 4.79 Å². The lowest BCUT2D eigenvalue weighted by Gasteiger charge is -2.12. The van der Waals surface area contributed by atoms with E-state index in [1.54, 1.807) is 14.0 Å². The smallest absolute Gasteiger partial charge is 0.410 e. The Morgan fingerprint density at radius 3 is 2.82 bits per heavy atom. The first-order valence-electron chi connectivity index (χ1n) is 3.18. The van der Waals surface area contributed by atoms with Gasteiger partial charge in [0, 0.05) is 29.6 Å². The molecule has 1 amide bonds. The summed E-state index contributed by atoms with van der Waals surface area (Å²) in [5, 5.41) is 0. The average molecular weight is 267 g/mol. The molecular weight excluding hydrogens is 257 g/mol. The zero-order valence-electron chi connectivity index (χ0n) is 6.56. The average Bonchev–Trinajstić information content (AvgIpc) is 2.00. The highest BCUT2D eigenvalue weighted by Gasteiger charge is 2.05. The van der Waals surface area contributed by atoms with Gasteiger partial charge in [0.15, 0.2) is 0 Å². The summed E-state index contributed by atoms with van der Waals surface area (Å²) >= 11 is 1.93. The van der Waals surface area contributed by atoms with Gasteiger partial charge in [-0.3, -0.25) is 0 Å². The molecule has 0 rings (SSSR count). The largest absolute Gasteiger partial charge is 0.450 e. The third kappa shape index (κ3) is 4.90. The van der Waals surface area contributed by atoms with Crippen molar-refractivity contribution in [2.24, 2.45) is 0 Å². The fourth-order valence-corrected chi connectivity index (χ4v) is 0.617. The Hall–Kier alpha value is -0.440. The number of amides is 1. The topological polar surface area (TPSA) is 29.5 Å². The predicted molar refractivity (Wildman–Crippen MR) is 51.4 cm³/mol. The zero-order valence-corrected chi connectivity index (χ0v) is 8.71. The molecule has 0 radical (unpaired) electrons. The van der Waals surface area contributed by atoms with Crippen molar-refractivity contribution in [2.45, 2.75) is 6.92 Å². The molecule has 0 heterocycles. The highest BCUT2D eigenvalue weighted by Crippen LogP contribution is 1.88. The van der Waals surface area contributed by atoms with E-state index < -0.39 is 0 Å². The predicted octanol–water partition coefficient (Wildman–Crippen LogP) is 1.47. The van der Waals surface area contributed by atoms with Crippen LogP contribution in [0.3, 0.4) is 0 Å². The van der Waals surface area contributed by atoms with Gasteiger partial charge in [0.2, 0.25) is 0 Å². The molecule has 62 valence electrons. The second-order valence-corrected chi connectivity index (χ2v) is 2.37. The number of carbonyl (C=O) groups excluding carboxylic acids is 1. The molecule has 0 spiro atoms. The Balaban J connectivity index is 3.69. The van der Waals surface area contributed by atoms with Gasteiger partial charge in [0.05, 0.1) is 13.2 Å². The number of hydrogen-bond acceptors (Lipinski definition) is 2. The number of ether oxygens (including phenoxy) is 1. The lowest BCUT2D eigenvalue weighted by Crippen LogP contribution is -2.27. The molecule has 0 saturated heterocycles. The van der Waals surface area contributed by atoms with E-state index in [0.29, 0.717) is 13.2 Å². The molecule has 0 aromatic carbocycles. The van der Waals surface area contributed by atoms with E-state index >= 15 is 0 Å². The normalized spacial score (nSPS) is 7.91. The second-order valence-electron chi connectivity index (χ2n) is 1.83. The van der Waals surface area contributed by atoms with Crippen molar-refractivity contribution in [1.29, 1.82) is 0 Å². The van der Waals surface area contributed by atoms with Gasteiger partial charge in [-0.05, 0) is 10.9 Å². The third-order valence-electron chi connectivity index (χ3n) is 0.963. The molecule has 0 aliphatic heterocycles. The monoisotopic (exact) mass is 267 g/mol. The Labute approximate surface area is 80.2 Å². The lowest BCUT2D eigenvalue weighted by atomic mass is 10.6. The second kappa shape index (κ2) is 6.28. The van der Waals surface area contributed by atoms with Crippen LogP contribution in [0.15, 0.2) is 0 Å².